The van der Waals surface area contributed by atoms with Gasteiger partial charge in [0, 0.05) is 16.6 Å². The molecule has 0 saturated carbocycles. The number of alkyl halides is 3. The molecule has 0 aliphatic carbocycles. The van der Waals surface area contributed by atoms with E-state index < -0.39 is 33.5 Å². The largest absolute Gasteiger partial charge is 0.416 e. The van der Waals surface area contributed by atoms with Gasteiger partial charge in [-0.3, -0.25) is 9.79 Å². The van der Waals surface area contributed by atoms with Gasteiger partial charge in [0.25, 0.3) is 0 Å². The number of aliphatic imine (C=N–C) groups is 1. The van der Waals surface area contributed by atoms with Gasteiger partial charge in [-0.1, -0.05) is 36.0 Å². The Morgan fingerprint density at radius 1 is 1.13 bits per heavy atom. The molecule has 11 heteroatoms. The number of sulfone groups is 1. The van der Waals surface area contributed by atoms with Gasteiger partial charge in [-0.15, -0.1) is 0 Å². The van der Waals surface area contributed by atoms with E-state index in [1.54, 1.807) is 30.3 Å². The fourth-order valence-electron chi connectivity index (χ4n) is 3.46. The Balaban J connectivity index is 1.63. The van der Waals surface area contributed by atoms with Crippen molar-refractivity contribution >= 4 is 44.0 Å². The predicted molar refractivity (Wildman–Crippen MR) is 115 cm³/mol. The van der Waals surface area contributed by atoms with E-state index >= 15 is 0 Å². The number of anilines is 2. The number of carbonyl (C=O) groups is 1. The van der Waals surface area contributed by atoms with Crippen LogP contribution in [0.25, 0.3) is 0 Å². The molecule has 0 radical (unpaired) electrons. The van der Waals surface area contributed by atoms with E-state index in [-0.39, 0.29) is 29.0 Å². The number of nitrogens with one attached hydrogen (secondary N) is 1. The number of hydrogen-bond donors (Lipinski definition) is 1. The molecule has 1 fully saturated rings. The molecule has 31 heavy (non-hydrogen) atoms. The summed E-state index contributed by atoms with van der Waals surface area (Å²) in [4.78, 5) is 18.5. The molecule has 0 aromatic heterocycles. The van der Waals surface area contributed by atoms with Crippen molar-refractivity contribution in [2.24, 2.45) is 4.99 Å². The number of benzene rings is 2. The first kappa shape index (κ1) is 21.7. The second kappa shape index (κ2) is 8.19. The van der Waals surface area contributed by atoms with Crippen molar-refractivity contribution in [3.63, 3.8) is 0 Å². The highest BCUT2D eigenvalue weighted by Crippen LogP contribution is 2.38. The van der Waals surface area contributed by atoms with Crippen LogP contribution in [0.2, 0.25) is 0 Å². The van der Waals surface area contributed by atoms with E-state index in [0.717, 1.165) is 12.1 Å². The number of hydrogen-bond acceptors (Lipinski definition) is 6. The third-order valence-electron chi connectivity index (χ3n) is 4.88. The van der Waals surface area contributed by atoms with E-state index in [1.807, 2.05) is 0 Å². The third kappa shape index (κ3) is 5.04. The highest BCUT2D eigenvalue weighted by Gasteiger charge is 2.44. The standard InChI is InChI=1S/C20H18F3N3O3S2/c21-20(22,23)13-5-4-8-15(9-13)26(10-18(27)24-14-6-2-1-3-7-14)19-25-16-11-31(28,29)12-17(16)30-19/h1-9,16-17H,10-12H2,(H,24,27)/t16-,17+/m1/s1. The van der Waals surface area contributed by atoms with Gasteiger partial charge in [0.05, 0.1) is 23.1 Å². The lowest BCUT2D eigenvalue weighted by molar-refractivity contribution is -0.137. The van der Waals surface area contributed by atoms with Crippen LogP contribution in [0.3, 0.4) is 0 Å². The lowest BCUT2D eigenvalue weighted by Crippen LogP contribution is -2.36. The van der Waals surface area contributed by atoms with Crippen LogP contribution >= 0.6 is 11.8 Å². The van der Waals surface area contributed by atoms with Crippen LogP contribution in [0.15, 0.2) is 59.6 Å². The molecular weight excluding hydrogens is 451 g/mol. The fourth-order valence-corrected chi connectivity index (χ4v) is 7.24. The Morgan fingerprint density at radius 3 is 2.55 bits per heavy atom. The van der Waals surface area contributed by atoms with Gasteiger partial charge in [0.15, 0.2) is 15.0 Å². The summed E-state index contributed by atoms with van der Waals surface area (Å²) in [5, 5.41) is 2.75. The zero-order valence-electron chi connectivity index (χ0n) is 16.0. The number of amidine groups is 1. The van der Waals surface area contributed by atoms with E-state index in [0.29, 0.717) is 10.9 Å². The Labute approximate surface area is 181 Å². The van der Waals surface area contributed by atoms with Crippen LogP contribution in [-0.4, -0.2) is 48.8 Å². The molecule has 2 atom stereocenters. The first-order valence-electron chi connectivity index (χ1n) is 9.35. The molecule has 0 spiro atoms. The van der Waals surface area contributed by atoms with Gasteiger partial charge in [-0.2, -0.15) is 13.2 Å². The van der Waals surface area contributed by atoms with Crippen molar-refractivity contribution in [2.45, 2.75) is 17.5 Å². The number of rotatable bonds is 4. The van der Waals surface area contributed by atoms with Crippen LogP contribution in [0.5, 0.6) is 0 Å². The molecule has 1 amide bonds. The molecule has 1 N–H and O–H groups in total. The number of halogens is 3. The zero-order chi connectivity index (χ0) is 22.2. The minimum absolute atomic E-state index is 0.0397. The topological polar surface area (TPSA) is 78.8 Å². The van der Waals surface area contributed by atoms with Crippen molar-refractivity contribution in [2.75, 3.05) is 28.3 Å². The van der Waals surface area contributed by atoms with Crippen molar-refractivity contribution in [3.05, 3.63) is 60.2 Å². The smallest absolute Gasteiger partial charge is 0.325 e. The second-order valence-corrected chi connectivity index (χ2v) is 10.6. The average Bonchev–Trinajstić information content (AvgIpc) is 3.19. The molecule has 164 valence electrons. The van der Waals surface area contributed by atoms with Crippen molar-refractivity contribution in [1.82, 2.24) is 0 Å². The Morgan fingerprint density at radius 2 is 1.87 bits per heavy atom. The van der Waals surface area contributed by atoms with E-state index in [9.17, 15) is 26.4 Å². The molecular formula is C20H18F3N3O3S2. The van der Waals surface area contributed by atoms with Gasteiger partial charge in [-0.05, 0) is 30.3 Å². The van der Waals surface area contributed by atoms with Crippen molar-refractivity contribution in [1.29, 1.82) is 0 Å². The quantitative estimate of drug-likeness (QED) is 0.743. The van der Waals surface area contributed by atoms with Crippen LogP contribution < -0.4 is 10.2 Å². The summed E-state index contributed by atoms with van der Waals surface area (Å²) in [5.41, 5.74) is -0.127. The highest BCUT2D eigenvalue weighted by molar-refractivity contribution is 8.15. The predicted octanol–water partition coefficient (Wildman–Crippen LogP) is 3.42. The molecule has 2 aliphatic rings. The van der Waals surface area contributed by atoms with Crippen LogP contribution in [-0.2, 0) is 20.8 Å². The summed E-state index contributed by atoms with van der Waals surface area (Å²) in [7, 11) is -3.18. The van der Waals surface area contributed by atoms with E-state index in [2.05, 4.69) is 10.3 Å². The molecule has 0 bridgehead atoms. The fraction of sp³-hybridized carbons (Fsp3) is 0.300. The molecule has 2 heterocycles. The van der Waals surface area contributed by atoms with Gasteiger partial charge < -0.3 is 10.2 Å². The summed E-state index contributed by atoms with van der Waals surface area (Å²) in [6, 6.07) is 12.9. The lowest BCUT2D eigenvalue weighted by atomic mass is 10.2. The van der Waals surface area contributed by atoms with Crippen LogP contribution in [0.1, 0.15) is 5.56 Å². The molecule has 2 aromatic carbocycles. The van der Waals surface area contributed by atoms with Gasteiger partial charge >= 0.3 is 6.18 Å². The summed E-state index contributed by atoms with van der Waals surface area (Å²) in [5.74, 6) is -0.570. The summed E-state index contributed by atoms with van der Waals surface area (Å²) in [6.07, 6.45) is -4.54. The summed E-state index contributed by atoms with van der Waals surface area (Å²) >= 11 is 1.18. The molecule has 2 aromatic rings. The monoisotopic (exact) mass is 469 g/mol. The van der Waals surface area contributed by atoms with E-state index in [4.69, 9.17) is 0 Å². The lowest BCUT2D eigenvalue weighted by Gasteiger charge is -2.25. The molecule has 2 aliphatic heterocycles. The van der Waals surface area contributed by atoms with Crippen molar-refractivity contribution in [3.8, 4) is 0 Å². The second-order valence-electron chi connectivity index (χ2n) is 7.26. The normalized spacial score (nSPS) is 22.0. The number of amides is 1. The number of fused-ring (bicyclic) bond motifs is 1. The maximum atomic E-state index is 13.2. The first-order chi connectivity index (χ1) is 14.6. The zero-order valence-corrected chi connectivity index (χ0v) is 17.7. The number of thioether (sulfide) groups is 1. The first-order valence-corrected chi connectivity index (χ1v) is 12.1. The number of nitrogens with zero attached hydrogens (tertiary/aromatic N) is 2. The Bertz CT molecular complexity index is 1120. The van der Waals surface area contributed by atoms with Crippen LogP contribution in [0, 0.1) is 0 Å². The Hall–Kier alpha value is -2.53. The molecule has 6 nitrogen and oxygen atoms in total. The molecule has 1 saturated heterocycles. The van der Waals surface area contributed by atoms with Gasteiger partial charge in [0.1, 0.15) is 6.54 Å². The van der Waals surface area contributed by atoms with Crippen molar-refractivity contribution < 1.29 is 26.4 Å². The van der Waals surface area contributed by atoms with E-state index in [1.165, 1.54) is 28.8 Å². The average molecular weight is 470 g/mol. The minimum Gasteiger partial charge on any atom is -0.325 e. The maximum absolute atomic E-state index is 13.2. The SMILES string of the molecule is O=C(CN(C1=N[C@@H]2CS(=O)(=O)C[C@@H]2S1)c1cccc(C(F)(F)F)c1)Nc1ccccc1. The minimum atomic E-state index is -4.54. The third-order valence-corrected chi connectivity index (χ3v) is 8.13. The summed E-state index contributed by atoms with van der Waals surface area (Å²) < 4.78 is 63.4. The summed E-state index contributed by atoms with van der Waals surface area (Å²) in [6.45, 7) is -0.270. The van der Waals surface area contributed by atoms with Gasteiger partial charge in [-0.25, -0.2) is 8.42 Å². The molecule has 4 rings (SSSR count). The highest BCUT2D eigenvalue weighted by atomic mass is 32.2. The van der Waals surface area contributed by atoms with Crippen LogP contribution in [0.4, 0.5) is 24.5 Å². The molecule has 0 unspecified atom stereocenters. The maximum Gasteiger partial charge on any atom is 0.416 e. The Kier molecular flexibility index (Phi) is 5.73. The number of para-hydroxylation sites is 1. The number of carbonyl (C=O) groups excluding carboxylic acids is 1. The van der Waals surface area contributed by atoms with Gasteiger partial charge in [0.2, 0.25) is 5.91 Å².